The lowest BCUT2D eigenvalue weighted by atomic mass is 10.1. The summed E-state index contributed by atoms with van der Waals surface area (Å²) in [6, 6.07) is 2.04. The van der Waals surface area contributed by atoms with E-state index in [1.807, 2.05) is 12.3 Å². The number of halogens is 1. The number of rotatable bonds is 1. The summed E-state index contributed by atoms with van der Waals surface area (Å²) in [7, 11) is 0. The third-order valence-corrected chi connectivity index (χ3v) is 2.33. The van der Waals surface area contributed by atoms with Crippen LogP contribution in [-0.4, -0.2) is 11.6 Å². The molecule has 0 bridgehead atoms. The Hall–Kier alpha value is -0.410. The number of hydrogen-bond donors (Lipinski definition) is 0. The number of nitrogens with zero attached hydrogens (tertiary/aromatic N) is 1. The zero-order valence-electron chi connectivity index (χ0n) is 6.17. The van der Waals surface area contributed by atoms with Crippen LogP contribution >= 0.6 is 15.9 Å². The predicted octanol–water partition coefficient (Wildman–Crippen LogP) is 2.09. The van der Waals surface area contributed by atoms with E-state index in [4.69, 9.17) is 4.74 Å². The minimum Gasteiger partial charge on any atom is -0.365 e. The maximum atomic E-state index is 5.28. The number of pyridine rings is 1. The Morgan fingerprint density at radius 3 is 2.91 bits per heavy atom. The first kappa shape index (κ1) is 7.25. The van der Waals surface area contributed by atoms with Crippen molar-refractivity contribution in [2.75, 3.05) is 6.61 Å². The number of epoxide rings is 1. The monoisotopic (exact) mass is 213 g/mol. The zero-order chi connectivity index (χ0) is 7.90. The summed E-state index contributed by atoms with van der Waals surface area (Å²) in [6.07, 6.45) is 3.62. The molecule has 1 atom stereocenters. The Morgan fingerprint density at radius 2 is 2.36 bits per heavy atom. The van der Waals surface area contributed by atoms with E-state index >= 15 is 0 Å². The summed E-state index contributed by atoms with van der Waals surface area (Å²) in [4.78, 5) is 4.06. The highest BCUT2D eigenvalue weighted by Gasteiger charge is 2.41. The van der Waals surface area contributed by atoms with Gasteiger partial charge in [0.1, 0.15) is 5.60 Å². The Kier molecular flexibility index (Phi) is 1.51. The molecule has 11 heavy (non-hydrogen) atoms. The summed E-state index contributed by atoms with van der Waals surface area (Å²) in [6.45, 7) is 2.88. The van der Waals surface area contributed by atoms with Gasteiger partial charge in [-0.05, 0) is 28.9 Å². The van der Waals surface area contributed by atoms with Crippen LogP contribution in [0.4, 0.5) is 0 Å². The van der Waals surface area contributed by atoms with Gasteiger partial charge in [-0.15, -0.1) is 0 Å². The average molecular weight is 214 g/mol. The summed E-state index contributed by atoms with van der Waals surface area (Å²) in [5.41, 5.74) is 1.09. The second-order valence-corrected chi connectivity index (χ2v) is 3.83. The molecule has 1 aliphatic rings. The maximum Gasteiger partial charge on any atom is 0.115 e. The standard InChI is InChI=1S/C8H8BrNO/c1-8(5-11-8)6-2-7(9)4-10-3-6/h2-4H,5H2,1H3. The Morgan fingerprint density at radius 1 is 1.64 bits per heavy atom. The van der Waals surface area contributed by atoms with E-state index in [0.717, 1.165) is 16.6 Å². The van der Waals surface area contributed by atoms with Crippen LogP contribution in [0.3, 0.4) is 0 Å². The molecule has 1 aromatic heterocycles. The lowest BCUT2D eigenvalue weighted by molar-refractivity contribution is 0.329. The van der Waals surface area contributed by atoms with Gasteiger partial charge in [-0.1, -0.05) is 0 Å². The molecule has 0 aromatic carbocycles. The van der Waals surface area contributed by atoms with Gasteiger partial charge in [-0.3, -0.25) is 4.98 Å². The molecule has 1 unspecified atom stereocenters. The molecule has 2 rings (SSSR count). The van der Waals surface area contributed by atoms with E-state index < -0.39 is 0 Å². The van der Waals surface area contributed by atoms with E-state index in [-0.39, 0.29) is 5.60 Å². The number of ether oxygens (including phenoxy) is 1. The molecule has 0 spiro atoms. The molecule has 2 nitrogen and oxygen atoms in total. The van der Waals surface area contributed by atoms with E-state index in [1.54, 1.807) is 6.20 Å². The molecule has 1 aromatic rings. The van der Waals surface area contributed by atoms with Crippen molar-refractivity contribution < 1.29 is 4.74 Å². The highest BCUT2D eigenvalue weighted by Crippen LogP contribution is 2.37. The van der Waals surface area contributed by atoms with Gasteiger partial charge in [0.2, 0.25) is 0 Å². The molecule has 1 aliphatic heterocycles. The first-order valence-electron chi connectivity index (χ1n) is 3.46. The third-order valence-electron chi connectivity index (χ3n) is 1.89. The summed E-state index contributed by atoms with van der Waals surface area (Å²) < 4.78 is 6.28. The van der Waals surface area contributed by atoms with Crippen molar-refractivity contribution in [3.63, 3.8) is 0 Å². The van der Waals surface area contributed by atoms with Crippen molar-refractivity contribution in [1.29, 1.82) is 0 Å². The molecule has 0 radical (unpaired) electrons. The minimum atomic E-state index is -0.0587. The van der Waals surface area contributed by atoms with Crippen molar-refractivity contribution in [3.8, 4) is 0 Å². The highest BCUT2D eigenvalue weighted by atomic mass is 79.9. The van der Waals surface area contributed by atoms with Gasteiger partial charge in [0.15, 0.2) is 0 Å². The Bertz CT molecular complexity index is 283. The van der Waals surface area contributed by atoms with Gasteiger partial charge in [-0.25, -0.2) is 0 Å². The first-order chi connectivity index (χ1) is 5.21. The van der Waals surface area contributed by atoms with Gasteiger partial charge >= 0.3 is 0 Å². The smallest absolute Gasteiger partial charge is 0.115 e. The lowest BCUT2D eigenvalue weighted by Gasteiger charge is -2.03. The van der Waals surface area contributed by atoms with Crippen LogP contribution in [-0.2, 0) is 10.3 Å². The molecular formula is C8H8BrNO. The fraction of sp³-hybridized carbons (Fsp3) is 0.375. The van der Waals surface area contributed by atoms with Crippen LogP contribution in [0.1, 0.15) is 12.5 Å². The summed E-state index contributed by atoms with van der Waals surface area (Å²) in [5.74, 6) is 0. The zero-order valence-corrected chi connectivity index (χ0v) is 7.76. The van der Waals surface area contributed by atoms with Crippen molar-refractivity contribution in [2.45, 2.75) is 12.5 Å². The molecule has 58 valence electrons. The van der Waals surface area contributed by atoms with E-state index in [1.165, 1.54) is 0 Å². The molecule has 0 saturated carbocycles. The molecule has 3 heteroatoms. The van der Waals surface area contributed by atoms with Gasteiger partial charge in [0.25, 0.3) is 0 Å². The van der Waals surface area contributed by atoms with Crippen molar-refractivity contribution in [3.05, 3.63) is 28.5 Å². The largest absolute Gasteiger partial charge is 0.365 e. The van der Waals surface area contributed by atoms with E-state index in [0.29, 0.717) is 0 Å². The van der Waals surface area contributed by atoms with E-state index in [2.05, 4.69) is 27.8 Å². The first-order valence-corrected chi connectivity index (χ1v) is 4.25. The van der Waals surface area contributed by atoms with Gasteiger partial charge in [0, 0.05) is 22.4 Å². The summed E-state index contributed by atoms with van der Waals surface area (Å²) in [5, 5.41) is 0. The molecule has 2 heterocycles. The maximum absolute atomic E-state index is 5.28. The Balaban J connectivity index is 2.38. The van der Waals surface area contributed by atoms with Crippen molar-refractivity contribution in [1.82, 2.24) is 4.98 Å². The van der Waals surface area contributed by atoms with E-state index in [9.17, 15) is 0 Å². The van der Waals surface area contributed by atoms with Gasteiger partial charge in [0.05, 0.1) is 6.61 Å². The SMILES string of the molecule is CC1(c2cncc(Br)c2)CO1. The van der Waals surface area contributed by atoms with Crippen LogP contribution in [0.15, 0.2) is 22.9 Å². The quantitative estimate of drug-likeness (QED) is 0.668. The topological polar surface area (TPSA) is 25.4 Å². The lowest BCUT2D eigenvalue weighted by Crippen LogP contribution is -2.01. The fourth-order valence-corrected chi connectivity index (χ4v) is 1.34. The third kappa shape index (κ3) is 1.30. The fourth-order valence-electron chi connectivity index (χ4n) is 0.976. The second-order valence-electron chi connectivity index (χ2n) is 2.91. The molecule has 0 N–H and O–H groups in total. The van der Waals surface area contributed by atoms with Crippen LogP contribution in [0.5, 0.6) is 0 Å². The van der Waals surface area contributed by atoms with Crippen LogP contribution in [0.2, 0.25) is 0 Å². The molecule has 0 aliphatic carbocycles. The molecule has 0 amide bonds. The predicted molar refractivity (Wildman–Crippen MR) is 45.2 cm³/mol. The average Bonchev–Trinajstić information content (AvgIpc) is 2.70. The number of hydrogen-bond acceptors (Lipinski definition) is 2. The normalized spacial score (nSPS) is 28.5. The molecule has 1 fully saturated rings. The van der Waals surface area contributed by atoms with Crippen LogP contribution < -0.4 is 0 Å². The van der Waals surface area contributed by atoms with Gasteiger partial charge in [-0.2, -0.15) is 0 Å². The summed E-state index contributed by atoms with van der Waals surface area (Å²) >= 11 is 3.36. The molecule has 1 saturated heterocycles. The van der Waals surface area contributed by atoms with Crippen LogP contribution in [0.25, 0.3) is 0 Å². The second kappa shape index (κ2) is 2.29. The van der Waals surface area contributed by atoms with Crippen LogP contribution in [0, 0.1) is 0 Å². The highest BCUT2D eigenvalue weighted by molar-refractivity contribution is 9.10. The van der Waals surface area contributed by atoms with Crippen molar-refractivity contribution in [2.24, 2.45) is 0 Å². The Labute approximate surface area is 73.7 Å². The number of aromatic nitrogens is 1. The van der Waals surface area contributed by atoms with Crippen molar-refractivity contribution >= 4 is 15.9 Å². The molecular weight excluding hydrogens is 206 g/mol. The minimum absolute atomic E-state index is 0.0587. The van der Waals surface area contributed by atoms with Gasteiger partial charge < -0.3 is 4.74 Å².